The van der Waals surface area contributed by atoms with Gasteiger partial charge >= 0.3 is 11.9 Å². The van der Waals surface area contributed by atoms with Gasteiger partial charge in [0.2, 0.25) is 0 Å². The average molecular weight is 364 g/mol. The molecule has 0 amide bonds. The zero-order chi connectivity index (χ0) is 19.1. The van der Waals surface area contributed by atoms with E-state index in [0.717, 1.165) is 17.8 Å². The van der Waals surface area contributed by atoms with Crippen molar-refractivity contribution >= 4 is 11.9 Å². The fraction of sp³-hybridized carbons (Fsp3) is 0.810. The molecule has 0 aromatic carbocycles. The largest absolute Gasteiger partial charge is 0.454 e. The van der Waals surface area contributed by atoms with Crippen LogP contribution < -0.4 is 0 Å². The Kier molecular flexibility index (Phi) is 5.22. The fourth-order valence-corrected chi connectivity index (χ4v) is 6.39. The maximum Gasteiger partial charge on any atom is 0.344 e. The van der Waals surface area contributed by atoms with Gasteiger partial charge in [0, 0.05) is 18.1 Å². The molecule has 4 rings (SSSR count). The lowest BCUT2D eigenvalue weighted by molar-refractivity contribution is -0.212. The lowest BCUT2D eigenvalue weighted by Gasteiger charge is -2.60. The Balaban J connectivity index is 1.67. The minimum absolute atomic E-state index is 0.0989. The van der Waals surface area contributed by atoms with Gasteiger partial charge in [-0.25, -0.2) is 9.59 Å². The predicted molar refractivity (Wildman–Crippen MR) is 97.3 cm³/mol. The van der Waals surface area contributed by atoms with Crippen LogP contribution in [0.4, 0.5) is 0 Å². The summed E-state index contributed by atoms with van der Waals surface area (Å²) in [4.78, 5) is 23.7. The lowest BCUT2D eigenvalue weighted by Crippen LogP contribution is -2.59. The molecular weight excluding hydrogens is 332 g/mol. The SMILES string of the molecule is C=C(C)C(=O)OCC(=O)OC(C)(C)C(OC)C12CC3CC(CC(C3)C1)C2. The highest BCUT2D eigenvalue weighted by molar-refractivity contribution is 5.88. The molecule has 26 heavy (non-hydrogen) atoms. The molecule has 0 radical (unpaired) electrons. The minimum atomic E-state index is -0.771. The molecule has 0 spiro atoms. The summed E-state index contributed by atoms with van der Waals surface area (Å²) in [5, 5.41) is 0. The van der Waals surface area contributed by atoms with Gasteiger partial charge in [-0.05, 0) is 77.0 Å². The van der Waals surface area contributed by atoms with E-state index in [1.165, 1.54) is 38.5 Å². The van der Waals surface area contributed by atoms with Gasteiger partial charge in [0.1, 0.15) is 11.7 Å². The number of hydrogen-bond donors (Lipinski definition) is 0. The lowest BCUT2D eigenvalue weighted by atomic mass is 9.47. The second kappa shape index (κ2) is 6.99. The van der Waals surface area contributed by atoms with Crippen LogP contribution in [-0.2, 0) is 23.8 Å². The van der Waals surface area contributed by atoms with Gasteiger partial charge in [0.15, 0.2) is 6.61 Å². The van der Waals surface area contributed by atoms with E-state index >= 15 is 0 Å². The van der Waals surface area contributed by atoms with Gasteiger partial charge in [0.05, 0.1) is 0 Å². The van der Waals surface area contributed by atoms with Crippen LogP contribution >= 0.6 is 0 Å². The number of hydrogen-bond acceptors (Lipinski definition) is 5. The van der Waals surface area contributed by atoms with Crippen LogP contribution in [-0.4, -0.2) is 37.4 Å². The summed E-state index contributed by atoms with van der Waals surface area (Å²) in [7, 11) is 1.72. The van der Waals surface area contributed by atoms with E-state index in [0.29, 0.717) is 0 Å². The molecule has 0 N–H and O–H groups in total. The first-order chi connectivity index (χ1) is 12.1. The van der Waals surface area contributed by atoms with E-state index in [2.05, 4.69) is 6.58 Å². The topological polar surface area (TPSA) is 61.8 Å². The summed E-state index contributed by atoms with van der Waals surface area (Å²) in [5.74, 6) is 1.26. The van der Waals surface area contributed by atoms with Crippen LogP contribution in [0.2, 0.25) is 0 Å². The predicted octanol–water partition coefficient (Wildman–Crippen LogP) is 3.66. The van der Waals surface area contributed by atoms with Gasteiger partial charge < -0.3 is 14.2 Å². The minimum Gasteiger partial charge on any atom is -0.454 e. The van der Waals surface area contributed by atoms with Crippen LogP contribution in [0.3, 0.4) is 0 Å². The van der Waals surface area contributed by atoms with Gasteiger partial charge in [-0.15, -0.1) is 0 Å². The second-order valence-electron chi connectivity index (χ2n) is 9.33. The standard InChI is InChI=1S/C21H32O5/c1-13(2)18(23)25-12-17(22)26-20(3,4)19(24-5)21-9-14-6-15(10-21)8-16(7-14)11-21/h14-16,19H,1,6-12H2,2-5H3. The van der Waals surface area contributed by atoms with Crippen LogP contribution in [0.25, 0.3) is 0 Å². The smallest absolute Gasteiger partial charge is 0.344 e. The molecule has 146 valence electrons. The van der Waals surface area contributed by atoms with Gasteiger partial charge in [-0.1, -0.05) is 6.58 Å². The number of ether oxygens (including phenoxy) is 3. The molecule has 0 aliphatic heterocycles. The highest BCUT2D eigenvalue weighted by Crippen LogP contribution is 2.63. The summed E-state index contributed by atoms with van der Waals surface area (Å²) < 4.78 is 16.6. The molecule has 0 aromatic rings. The van der Waals surface area contributed by atoms with Crippen molar-refractivity contribution in [2.24, 2.45) is 23.2 Å². The average Bonchev–Trinajstić information content (AvgIpc) is 2.50. The molecule has 5 nitrogen and oxygen atoms in total. The number of methoxy groups -OCH3 is 1. The first kappa shape index (κ1) is 19.4. The molecule has 0 heterocycles. The number of esters is 2. The molecular formula is C21H32O5. The van der Waals surface area contributed by atoms with E-state index in [1.807, 2.05) is 13.8 Å². The highest BCUT2D eigenvalue weighted by Gasteiger charge is 2.58. The van der Waals surface area contributed by atoms with Crippen molar-refractivity contribution in [3.8, 4) is 0 Å². The molecule has 4 saturated carbocycles. The van der Waals surface area contributed by atoms with Crippen LogP contribution in [0.5, 0.6) is 0 Å². The van der Waals surface area contributed by atoms with Crippen molar-refractivity contribution in [3.63, 3.8) is 0 Å². The Morgan fingerprint density at radius 3 is 2.04 bits per heavy atom. The van der Waals surface area contributed by atoms with Crippen LogP contribution in [0.1, 0.15) is 59.3 Å². The summed E-state index contributed by atoms with van der Waals surface area (Å²) in [6.45, 7) is 8.49. The summed E-state index contributed by atoms with van der Waals surface area (Å²) in [6.07, 6.45) is 7.42. The van der Waals surface area contributed by atoms with Gasteiger partial charge in [0.25, 0.3) is 0 Å². The molecule has 0 aromatic heterocycles. The zero-order valence-corrected chi connectivity index (χ0v) is 16.5. The Hall–Kier alpha value is -1.36. The molecule has 4 bridgehead atoms. The Morgan fingerprint density at radius 1 is 1.12 bits per heavy atom. The first-order valence-electron chi connectivity index (χ1n) is 9.72. The third-order valence-electron chi connectivity index (χ3n) is 6.56. The van der Waals surface area contributed by atoms with E-state index in [9.17, 15) is 9.59 Å². The molecule has 4 aliphatic rings. The summed E-state index contributed by atoms with van der Waals surface area (Å²) in [5.41, 5.74) is -0.408. The highest BCUT2D eigenvalue weighted by atomic mass is 16.6. The number of carbonyl (C=O) groups is 2. The van der Waals surface area contributed by atoms with Crippen molar-refractivity contribution < 1.29 is 23.8 Å². The summed E-state index contributed by atoms with van der Waals surface area (Å²) in [6, 6.07) is 0. The number of carbonyl (C=O) groups excluding carboxylic acids is 2. The number of rotatable bonds is 7. The van der Waals surface area contributed by atoms with Crippen molar-refractivity contribution in [2.45, 2.75) is 71.0 Å². The maximum absolute atomic E-state index is 12.2. The van der Waals surface area contributed by atoms with Crippen molar-refractivity contribution in [1.29, 1.82) is 0 Å². The summed E-state index contributed by atoms with van der Waals surface area (Å²) >= 11 is 0. The van der Waals surface area contributed by atoms with E-state index < -0.39 is 24.1 Å². The molecule has 4 fully saturated rings. The zero-order valence-electron chi connectivity index (χ0n) is 16.5. The Labute approximate surface area is 156 Å². The van der Waals surface area contributed by atoms with E-state index in [4.69, 9.17) is 14.2 Å². The van der Waals surface area contributed by atoms with E-state index in [-0.39, 0.29) is 17.1 Å². The van der Waals surface area contributed by atoms with Crippen LogP contribution in [0, 0.1) is 23.2 Å². The monoisotopic (exact) mass is 364 g/mol. The molecule has 1 atom stereocenters. The van der Waals surface area contributed by atoms with Crippen molar-refractivity contribution in [1.82, 2.24) is 0 Å². The van der Waals surface area contributed by atoms with E-state index in [1.54, 1.807) is 14.0 Å². The Bertz CT molecular complexity index is 556. The molecule has 5 heteroatoms. The molecule has 0 saturated heterocycles. The second-order valence-corrected chi connectivity index (χ2v) is 9.33. The Morgan fingerprint density at radius 2 is 1.62 bits per heavy atom. The third kappa shape index (κ3) is 3.68. The first-order valence-corrected chi connectivity index (χ1v) is 9.72. The molecule has 1 unspecified atom stereocenters. The van der Waals surface area contributed by atoms with Crippen molar-refractivity contribution in [2.75, 3.05) is 13.7 Å². The van der Waals surface area contributed by atoms with Crippen molar-refractivity contribution in [3.05, 3.63) is 12.2 Å². The third-order valence-corrected chi connectivity index (χ3v) is 6.56. The quantitative estimate of drug-likeness (QED) is 0.510. The molecule has 4 aliphatic carbocycles. The van der Waals surface area contributed by atoms with Gasteiger partial charge in [-0.3, -0.25) is 0 Å². The maximum atomic E-state index is 12.2. The fourth-order valence-electron chi connectivity index (χ4n) is 6.39. The van der Waals surface area contributed by atoms with Gasteiger partial charge in [-0.2, -0.15) is 0 Å². The van der Waals surface area contributed by atoms with Crippen LogP contribution in [0.15, 0.2) is 12.2 Å². The normalized spacial score (nSPS) is 33.6.